The van der Waals surface area contributed by atoms with Crippen molar-refractivity contribution in [2.24, 2.45) is 0 Å². The fourth-order valence-electron chi connectivity index (χ4n) is 1.75. The van der Waals surface area contributed by atoms with Gasteiger partial charge in [0.1, 0.15) is 0 Å². The summed E-state index contributed by atoms with van der Waals surface area (Å²) in [5, 5.41) is 0. The van der Waals surface area contributed by atoms with Gasteiger partial charge >= 0.3 is 12.1 Å². The Balaban J connectivity index is 2.53. The predicted molar refractivity (Wildman–Crippen MR) is 68.4 cm³/mol. The molecule has 0 N–H and O–H groups in total. The Hall–Kier alpha value is -2.44. The monoisotopic (exact) mass is 296 g/mol. The van der Waals surface area contributed by atoms with Crippen LogP contribution in [0.3, 0.4) is 0 Å². The van der Waals surface area contributed by atoms with Crippen LogP contribution in [0.25, 0.3) is 11.1 Å². The van der Waals surface area contributed by atoms with Crippen molar-refractivity contribution in [3.05, 3.63) is 48.0 Å². The number of halogens is 3. The Morgan fingerprint density at radius 1 is 1.24 bits per heavy atom. The van der Waals surface area contributed by atoms with E-state index < -0.39 is 23.4 Å². The van der Waals surface area contributed by atoms with Crippen LogP contribution in [0, 0.1) is 0 Å². The molecule has 0 saturated heterocycles. The van der Waals surface area contributed by atoms with Crippen molar-refractivity contribution >= 4 is 5.97 Å². The first-order valence-corrected chi connectivity index (χ1v) is 6.08. The molecule has 2 rings (SSSR count). The minimum atomic E-state index is -4.70. The summed E-state index contributed by atoms with van der Waals surface area (Å²) in [6.45, 7) is 1.49. The first kappa shape index (κ1) is 15.0. The molecule has 0 aliphatic heterocycles. The van der Waals surface area contributed by atoms with Crippen molar-refractivity contribution in [3.63, 3.8) is 0 Å². The summed E-state index contributed by atoms with van der Waals surface area (Å²) in [6, 6.07) is 4.00. The van der Waals surface area contributed by atoms with E-state index in [1.165, 1.54) is 25.5 Å². The summed E-state index contributed by atoms with van der Waals surface area (Å²) < 4.78 is 43.9. The highest BCUT2D eigenvalue weighted by molar-refractivity contribution is 5.89. The number of alkyl halides is 3. The summed E-state index contributed by atoms with van der Waals surface area (Å²) >= 11 is 0. The fraction of sp³-hybridized carbons (Fsp3) is 0.214. The first-order chi connectivity index (χ1) is 9.93. The van der Waals surface area contributed by atoms with Gasteiger partial charge in [-0.15, -0.1) is 0 Å². The Kier molecular flexibility index (Phi) is 4.21. The lowest BCUT2D eigenvalue weighted by molar-refractivity contribution is -0.138. The molecule has 0 fully saturated rings. The number of ether oxygens (including phenoxy) is 1. The van der Waals surface area contributed by atoms with E-state index >= 15 is 0 Å². The molecular formula is C14H11F3N2O2. The number of hydrogen-bond donors (Lipinski definition) is 0. The number of pyridine rings is 2. The zero-order valence-electron chi connectivity index (χ0n) is 11.0. The number of hydrogen-bond acceptors (Lipinski definition) is 4. The summed E-state index contributed by atoms with van der Waals surface area (Å²) in [5.74, 6) is -1.09. The molecule has 4 nitrogen and oxygen atoms in total. The van der Waals surface area contributed by atoms with Crippen molar-refractivity contribution in [1.82, 2.24) is 9.97 Å². The SMILES string of the molecule is CCOC(=O)c1ncc(-c2ccncc2)cc1C(F)(F)F. The third-order valence-corrected chi connectivity index (χ3v) is 2.68. The predicted octanol–water partition coefficient (Wildman–Crippen LogP) is 3.34. The van der Waals surface area contributed by atoms with Gasteiger partial charge in [-0.1, -0.05) is 0 Å². The minimum absolute atomic E-state index is 0.0239. The van der Waals surface area contributed by atoms with Crippen LogP contribution < -0.4 is 0 Å². The molecule has 110 valence electrons. The average Bonchev–Trinajstić information content (AvgIpc) is 2.47. The zero-order valence-corrected chi connectivity index (χ0v) is 11.0. The molecule has 0 unspecified atom stereocenters. The zero-order chi connectivity index (χ0) is 15.5. The van der Waals surface area contributed by atoms with Gasteiger partial charge in [-0.3, -0.25) is 4.98 Å². The molecule has 0 spiro atoms. The van der Waals surface area contributed by atoms with Crippen molar-refractivity contribution in [1.29, 1.82) is 0 Å². The van der Waals surface area contributed by atoms with E-state index in [1.54, 1.807) is 12.1 Å². The smallest absolute Gasteiger partial charge is 0.418 e. The van der Waals surface area contributed by atoms with Gasteiger partial charge in [0.25, 0.3) is 0 Å². The summed E-state index contributed by atoms with van der Waals surface area (Å²) in [4.78, 5) is 19.0. The quantitative estimate of drug-likeness (QED) is 0.815. The van der Waals surface area contributed by atoms with Crippen LogP contribution in [-0.2, 0) is 10.9 Å². The molecule has 0 aliphatic rings. The number of esters is 1. The van der Waals surface area contributed by atoms with Crippen LogP contribution in [0.15, 0.2) is 36.8 Å². The lowest BCUT2D eigenvalue weighted by Gasteiger charge is -2.12. The number of aromatic nitrogens is 2. The van der Waals surface area contributed by atoms with Crippen LogP contribution in [0.2, 0.25) is 0 Å². The second-order valence-electron chi connectivity index (χ2n) is 4.07. The van der Waals surface area contributed by atoms with Crippen molar-refractivity contribution in [3.8, 4) is 11.1 Å². The largest absolute Gasteiger partial charge is 0.461 e. The number of carbonyl (C=O) groups excluding carboxylic acids is 1. The third-order valence-electron chi connectivity index (χ3n) is 2.68. The number of carbonyl (C=O) groups is 1. The van der Waals surface area contributed by atoms with E-state index in [0.717, 1.165) is 6.07 Å². The molecule has 0 radical (unpaired) electrons. The summed E-state index contributed by atoms with van der Waals surface area (Å²) in [7, 11) is 0. The summed E-state index contributed by atoms with van der Waals surface area (Å²) in [6.07, 6.45) is -0.571. The van der Waals surface area contributed by atoms with Crippen LogP contribution in [-0.4, -0.2) is 22.5 Å². The fourth-order valence-corrected chi connectivity index (χ4v) is 1.75. The van der Waals surface area contributed by atoms with Crippen LogP contribution in [0.1, 0.15) is 23.0 Å². The standard InChI is InChI=1S/C14H11F3N2O2/c1-2-21-13(20)12-11(14(15,16)17)7-10(8-19-12)9-3-5-18-6-4-9/h3-8H,2H2,1H3. The Labute approximate surface area is 118 Å². The molecule has 2 heterocycles. The molecule has 0 saturated carbocycles. The topological polar surface area (TPSA) is 52.1 Å². The third kappa shape index (κ3) is 3.36. The van der Waals surface area contributed by atoms with E-state index in [9.17, 15) is 18.0 Å². The van der Waals surface area contributed by atoms with Gasteiger partial charge in [0.15, 0.2) is 5.69 Å². The van der Waals surface area contributed by atoms with Crippen molar-refractivity contribution in [2.45, 2.75) is 13.1 Å². The van der Waals surface area contributed by atoms with Gasteiger partial charge in [0.2, 0.25) is 0 Å². The van der Waals surface area contributed by atoms with E-state index in [0.29, 0.717) is 5.56 Å². The Morgan fingerprint density at radius 2 is 1.90 bits per heavy atom. The molecule has 7 heteroatoms. The number of nitrogens with zero attached hydrogens (tertiary/aromatic N) is 2. The lowest BCUT2D eigenvalue weighted by Crippen LogP contribution is -2.17. The van der Waals surface area contributed by atoms with E-state index in [4.69, 9.17) is 0 Å². The van der Waals surface area contributed by atoms with E-state index in [2.05, 4.69) is 14.7 Å². The first-order valence-electron chi connectivity index (χ1n) is 6.08. The second kappa shape index (κ2) is 5.90. The Morgan fingerprint density at radius 3 is 2.48 bits per heavy atom. The molecule has 0 atom stereocenters. The van der Waals surface area contributed by atoms with Crippen molar-refractivity contribution in [2.75, 3.05) is 6.61 Å². The maximum atomic E-state index is 13.1. The van der Waals surface area contributed by atoms with Crippen LogP contribution in [0.5, 0.6) is 0 Å². The normalized spacial score (nSPS) is 11.2. The molecule has 0 aliphatic carbocycles. The second-order valence-corrected chi connectivity index (χ2v) is 4.07. The molecular weight excluding hydrogens is 285 g/mol. The molecule has 2 aromatic heterocycles. The average molecular weight is 296 g/mol. The van der Waals surface area contributed by atoms with Gasteiger partial charge in [-0.2, -0.15) is 13.2 Å². The van der Waals surface area contributed by atoms with Gasteiger partial charge in [-0.25, -0.2) is 9.78 Å². The molecule has 0 aromatic carbocycles. The van der Waals surface area contributed by atoms with Crippen LogP contribution >= 0.6 is 0 Å². The van der Waals surface area contributed by atoms with Gasteiger partial charge in [0.05, 0.1) is 12.2 Å². The van der Waals surface area contributed by atoms with E-state index in [1.807, 2.05) is 0 Å². The number of rotatable bonds is 3. The van der Waals surface area contributed by atoms with Gasteiger partial charge in [-0.05, 0) is 30.7 Å². The molecule has 0 bridgehead atoms. The molecule has 2 aromatic rings. The van der Waals surface area contributed by atoms with Gasteiger partial charge in [0, 0.05) is 24.2 Å². The highest BCUT2D eigenvalue weighted by atomic mass is 19.4. The van der Waals surface area contributed by atoms with Crippen molar-refractivity contribution < 1.29 is 22.7 Å². The van der Waals surface area contributed by atoms with E-state index in [-0.39, 0.29) is 12.2 Å². The van der Waals surface area contributed by atoms with Crippen LogP contribution in [0.4, 0.5) is 13.2 Å². The minimum Gasteiger partial charge on any atom is -0.461 e. The molecule has 21 heavy (non-hydrogen) atoms. The highest BCUT2D eigenvalue weighted by Gasteiger charge is 2.37. The lowest BCUT2D eigenvalue weighted by atomic mass is 10.0. The highest BCUT2D eigenvalue weighted by Crippen LogP contribution is 2.34. The molecule has 0 amide bonds. The maximum absolute atomic E-state index is 13.1. The Bertz CT molecular complexity index is 642. The summed E-state index contributed by atoms with van der Waals surface area (Å²) in [5.41, 5.74) is -1.08. The maximum Gasteiger partial charge on any atom is 0.418 e. The van der Waals surface area contributed by atoms with Gasteiger partial charge < -0.3 is 4.74 Å².